The molecule has 0 N–H and O–H groups in total. The molecule has 53 heavy (non-hydrogen) atoms. The predicted molar refractivity (Wildman–Crippen MR) is 225 cm³/mol. The molecule has 0 unspecified atom stereocenters. The first-order valence-electron chi connectivity index (χ1n) is 18.2. The fraction of sp³-hybridized carbons (Fsp3) is 0. The number of aromatic nitrogens is 2. The van der Waals surface area contributed by atoms with E-state index >= 15 is 0 Å². The van der Waals surface area contributed by atoms with Crippen LogP contribution in [0.5, 0.6) is 0 Å². The van der Waals surface area contributed by atoms with Gasteiger partial charge in [0.1, 0.15) is 5.82 Å². The Morgan fingerprint density at radius 2 is 0.811 bits per heavy atom. The van der Waals surface area contributed by atoms with Crippen molar-refractivity contribution in [2.75, 3.05) is 0 Å². The van der Waals surface area contributed by atoms with Gasteiger partial charge in [-0.2, -0.15) is 0 Å². The third kappa shape index (κ3) is 4.70. The molecule has 2 heteroatoms. The third-order valence-electron chi connectivity index (χ3n) is 11.0. The van der Waals surface area contributed by atoms with Gasteiger partial charge in [0.05, 0.1) is 11.0 Å². The van der Waals surface area contributed by atoms with Gasteiger partial charge in [-0.05, 0) is 106 Å². The highest BCUT2D eigenvalue weighted by Crippen LogP contribution is 2.41. The molecule has 2 nitrogen and oxygen atoms in total. The fourth-order valence-electron chi connectivity index (χ4n) is 8.46. The zero-order chi connectivity index (χ0) is 34.9. The van der Waals surface area contributed by atoms with Crippen molar-refractivity contribution in [1.29, 1.82) is 0 Å². The van der Waals surface area contributed by atoms with Crippen LogP contribution in [0.2, 0.25) is 0 Å². The van der Waals surface area contributed by atoms with Crippen LogP contribution in [0.1, 0.15) is 0 Å². The summed E-state index contributed by atoms with van der Waals surface area (Å²) in [5.41, 5.74) is 9.05. The Morgan fingerprint density at radius 3 is 1.47 bits per heavy atom. The van der Waals surface area contributed by atoms with Gasteiger partial charge < -0.3 is 0 Å². The summed E-state index contributed by atoms with van der Waals surface area (Å²) in [6.45, 7) is 0. The van der Waals surface area contributed by atoms with Gasteiger partial charge >= 0.3 is 0 Å². The SMILES string of the molecule is c1ccc(-n2c(-c3ccc(-c4ccc(-c5ccc6c(c5)c5ccccc5c5cccc7ccc8cccc6c8c75)cc4)cc3)nc3ccccc32)cc1. The largest absolute Gasteiger partial charge is 0.292 e. The molecular formula is C51H32N2. The van der Waals surface area contributed by atoms with Gasteiger partial charge in [-0.25, -0.2) is 4.98 Å². The molecule has 0 bridgehead atoms. The number of hydrogen-bond acceptors (Lipinski definition) is 1. The highest BCUT2D eigenvalue weighted by molar-refractivity contribution is 6.32. The number of fused-ring (bicyclic) bond motifs is 6. The van der Waals surface area contributed by atoms with E-state index in [0.29, 0.717) is 0 Å². The molecule has 11 aromatic rings. The molecule has 0 aliphatic rings. The molecule has 1 heterocycles. The summed E-state index contributed by atoms with van der Waals surface area (Å²) in [7, 11) is 0. The van der Waals surface area contributed by atoms with Crippen molar-refractivity contribution in [3.63, 3.8) is 0 Å². The smallest absolute Gasteiger partial charge is 0.145 e. The first-order chi connectivity index (χ1) is 26.3. The summed E-state index contributed by atoms with van der Waals surface area (Å²) in [6, 6.07) is 70.5. The number of imidazole rings is 1. The molecule has 10 aromatic carbocycles. The van der Waals surface area contributed by atoms with Gasteiger partial charge in [0.25, 0.3) is 0 Å². The Morgan fingerprint density at radius 1 is 0.321 bits per heavy atom. The maximum Gasteiger partial charge on any atom is 0.145 e. The highest BCUT2D eigenvalue weighted by atomic mass is 15.1. The van der Waals surface area contributed by atoms with E-state index in [0.717, 1.165) is 28.1 Å². The molecule has 0 aliphatic heterocycles. The lowest BCUT2D eigenvalue weighted by Gasteiger charge is -2.14. The predicted octanol–water partition coefficient (Wildman–Crippen LogP) is 13.8. The van der Waals surface area contributed by atoms with Gasteiger partial charge in [0, 0.05) is 11.3 Å². The molecule has 0 amide bonds. The van der Waals surface area contributed by atoms with Crippen LogP contribution in [0.4, 0.5) is 0 Å². The van der Waals surface area contributed by atoms with Gasteiger partial charge in [0.2, 0.25) is 0 Å². The van der Waals surface area contributed by atoms with Crippen LogP contribution in [0, 0.1) is 0 Å². The Labute approximate surface area is 306 Å². The molecule has 11 rings (SSSR count). The summed E-state index contributed by atoms with van der Waals surface area (Å²) in [5, 5.41) is 12.9. The van der Waals surface area contributed by atoms with Crippen LogP contribution in [0.15, 0.2) is 194 Å². The maximum atomic E-state index is 5.06. The van der Waals surface area contributed by atoms with E-state index in [1.807, 2.05) is 6.07 Å². The van der Waals surface area contributed by atoms with Gasteiger partial charge in [-0.1, -0.05) is 164 Å². The molecule has 0 atom stereocenters. The lowest BCUT2D eigenvalue weighted by atomic mass is 9.89. The first kappa shape index (κ1) is 29.7. The Balaban J connectivity index is 1.01. The fourth-order valence-corrected chi connectivity index (χ4v) is 8.46. The molecular weight excluding hydrogens is 641 g/mol. The van der Waals surface area contributed by atoms with Crippen molar-refractivity contribution in [3.05, 3.63) is 194 Å². The average Bonchev–Trinajstić information content (AvgIpc) is 3.63. The minimum absolute atomic E-state index is 0.941. The van der Waals surface area contributed by atoms with Crippen molar-refractivity contribution in [2.45, 2.75) is 0 Å². The third-order valence-corrected chi connectivity index (χ3v) is 11.0. The van der Waals surface area contributed by atoms with E-state index < -0.39 is 0 Å². The molecule has 246 valence electrons. The van der Waals surface area contributed by atoms with Crippen molar-refractivity contribution < 1.29 is 0 Å². The van der Waals surface area contributed by atoms with Crippen molar-refractivity contribution in [2.24, 2.45) is 0 Å². The van der Waals surface area contributed by atoms with Crippen LogP contribution in [-0.4, -0.2) is 9.55 Å². The Hall–Kier alpha value is -7.03. The summed E-state index contributed by atoms with van der Waals surface area (Å²) in [5.74, 6) is 0.941. The number of nitrogens with zero attached hydrogens (tertiary/aromatic N) is 2. The van der Waals surface area contributed by atoms with Crippen molar-refractivity contribution in [1.82, 2.24) is 9.55 Å². The topological polar surface area (TPSA) is 17.8 Å². The average molecular weight is 673 g/mol. The van der Waals surface area contributed by atoms with Gasteiger partial charge in [0.15, 0.2) is 0 Å². The Bertz CT molecular complexity index is 3190. The highest BCUT2D eigenvalue weighted by Gasteiger charge is 2.15. The summed E-state index contributed by atoms with van der Waals surface area (Å²) >= 11 is 0. The van der Waals surface area contributed by atoms with Crippen LogP contribution >= 0.6 is 0 Å². The van der Waals surface area contributed by atoms with E-state index in [-0.39, 0.29) is 0 Å². The van der Waals surface area contributed by atoms with E-state index in [1.54, 1.807) is 0 Å². The van der Waals surface area contributed by atoms with E-state index in [1.165, 1.54) is 76.1 Å². The molecule has 0 spiro atoms. The van der Waals surface area contributed by atoms with E-state index in [4.69, 9.17) is 4.98 Å². The second kappa shape index (κ2) is 11.8. The number of benzene rings is 9. The van der Waals surface area contributed by atoms with Crippen LogP contribution in [0.3, 0.4) is 0 Å². The second-order valence-corrected chi connectivity index (χ2v) is 13.9. The first-order valence-corrected chi connectivity index (χ1v) is 18.2. The summed E-state index contributed by atoms with van der Waals surface area (Å²) in [4.78, 5) is 5.06. The minimum Gasteiger partial charge on any atom is -0.292 e. The van der Waals surface area contributed by atoms with Gasteiger partial charge in [-0.3, -0.25) is 4.57 Å². The van der Waals surface area contributed by atoms with Crippen LogP contribution in [0.25, 0.3) is 104 Å². The number of hydrogen-bond donors (Lipinski definition) is 0. The normalized spacial score (nSPS) is 11.8. The zero-order valence-corrected chi connectivity index (χ0v) is 28.9. The van der Waals surface area contributed by atoms with E-state index in [9.17, 15) is 0 Å². The quantitative estimate of drug-likeness (QED) is 0.170. The standard InChI is InChI=1S/C51H32N2/c1-2-12-40(13-3-1)53-48-19-7-6-18-47(48)52-51(53)38-28-24-34(25-29-38)33-20-22-35(23-21-33)39-30-31-43-45-17-9-11-37-27-26-36-10-8-16-44(49(36)50(37)45)41-14-4-5-15-42(41)46(43)32-39/h1-32H. The molecule has 0 aliphatic carbocycles. The molecule has 0 fully saturated rings. The van der Waals surface area contributed by atoms with Crippen molar-refractivity contribution >= 4 is 64.9 Å². The Kier molecular flexibility index (Phi) is 6.59. The van der Waals surface area contributed by atoms with Crippen molar-refractivity contribution in [3.8, 4) is 39.3 Å². The maximum absolute atomic E-state index is 5.06. The molecule has 0 radical (unpaired) electrons. The van der Waals surface area contributed by atoms with E-state index in [2.05, 4.69) is 193 Å². The minimum atomic E-state index is 0.941. The lowest BCUT2D eigenvalue weighted by molar-refractivity contribution is 1.10. The monoisotopic (exact) mass is 672 g/mol. The lowest BCUT2D eigenvalue weighted by Crippen LogP contribution is -1.97. The molecule has 0 saturated heterocycles. The van der Waals surface area contributed by atoms with Gasteiger partial charge in [-0.15, -0.1) is 0 Å². The van der Waals surface area contributed by atoms with Crippen LogP contribution in [-0.2, 0) is 0 Å². The number of rotatable bonds is 4. The molecule has 1 aromatic heterocycles. The second-order valence-electron chi connectivity index (χ2n) is 13.9. The van der Waals surface area contributed by atoms with Crippen LogP contribution < -0.4 is 0 Å². The molecule has 0 saturated carbocycles. The number of para-hydroxylation sites is 3. The summed E-state index contributed by atoms with van der Waals surface area (Å²) in [6.07, 6.45) is 0. The zero-order valence-electron chi connectivity index (χ0n) is 28.9. The summed E-state index contributed by atoms with van der Waals surface area (Å²) < 4.78 is 2.25.